The van der Waals surface area contributed by atoms with Crippen LogP contribution in [0.15, 0.2) is 366 Å². The van der Waals surface area contributed by atoms with Crippen LogP contribution in [0.5, 0.6) is 0 Å². The average Bonchev–Trinajstić information content (AvgIpc) is 1.66. The fourth-order valence-corrected chi connectivity index (χ4v) is 22.8. The van der Waals surface area contributed by atoms with E-state index in [2.05, 4.69) is 136 Å². The van der Waals surface area contributed by atoms with Gasteiger partial charge in [-0.05, 0) is 224 Å². The van der Waals surface area contributed by atoms with Gasteiger partial charge in [-0.25, -0.2) is 72.5 Å². The highest BCUT2D eigenvalue weighted by molar-refractivity contribution is 9.11. The van der Waals surface area contributed by atoms with Gasteiger partial charge in [0.1, 0.15) is 23.3 Å². The molecule has 1 aliphatic heterocycles. The maximum absolute atomic E-state index is 13.0. The topological polar surface area (TPSA) is 397 Å². The first-order chi connectivity index (χ1) is 68.8. The Morgan fingerprint density at radius 3 is 0.915 bits per heavy atom. The molecule has 1 aliphatic carbocycles. The number of nitrogens with one attached hydrogen (secondary N) is 8. The van der Waals surface area contributed by atoms with E-state index < -0.39 is 52.2 Å². The smallest absolute Gasteiger partial charge is 0.240 e. The minimum absolute atomic E-state index is 0.0290. The standard InChI is InChI=1S/2C27H24BrN5O3S.C25H27BrN6O2S.C24H24BrN5O2S/c2*28-24-17-29-33-26(16-25(31-27(24)33)20-9-5-2-6-10-20)30-21-11-13-23(14-12-21)37(35,36)32-22(18-34)15-19-7-3-1-4-8-19;1-2-31-14-6-9-20(31)16-28-35(33,34)21-12-10-19(11-13-21)29-24-15-23(18-7-4-3-5-8-18)30-25-22(26)17-27-32(24)25;25-21-16-26-30-23(15-22(28-24(21)30)17-7-3-1-4-8-17)27-18-11-13-20(14-12-18)33(31,32)29-19-9-5-2-6-10-19/h2*1-14,16-17,22,30,32,34H,15,18H2;3-5,7-8,10-13,15,17,20,28-29H,2,6,9,14,16H2,1H3;1,3-4,7-8,11-16,19,27,29H,2,5-6,9-10H2/t2*22-;;/m10../s1. The highest BCUT2D eigenvalue weighted by Crippen LogP contribution is 2.36. The zero-order valence-electron chi connectivity index (χ0n) is 76.5. The third kappa shape index (κ3) is 25.1. The molecule has 9 heterocycles. The lowest BCUT2D eigenvalue weighted by Crippen LogP contribution is -2.39. The molecule has 10 aromatic carbocycles. The highest BCUT2D eigenvalue weighted by Gasteiger charge is 2.29. The molecule has 1 unspecified atom stereocenters. The van der Waals surface area contributed by atoms with Crippen LogP contribution in [-0.2, 0) is 52.9 Å². The molecule has 2 fully saturated rings. The van der Waals surface area contributed by atoms with Gasteiger partial charge in [-0.1, -0.05) is 208 Å². The van der Waals surface area contributed by atoms with Gasteiger partial charge in [-0.2, -0.15) is 38.5 Å². The number of hydrogen-bond acceptors (Lipinski definition) is 23. The molecular weight excluding hydrogens is 2140 g/mol. The summed E-state index contributed by atoms with van der Waals surface area (Å²) in [5, 5.41) is 50.5. The lowest BCUT2D eigenvalue weighted by atomic mass is 9.96. The Bertz CT molecular complexity index is 7620. The summed E-state index contributed by atoms with van der Waals surface area (Å²) in [4.78, 5) is 22.0. The number of benzene rings is 10. The zero-order valence-corrected chi connectivity index (χ0v) is 86.1. The quantitative estimate of drug-likeness (QED) is 0.0187. The first kappa shape index (κ1) is 101. The van der Waals surface area contributed by atoms with E-state index in [4.69, 9.17) is 19.9 Å². The molecule has 2 aliphatic rings. The van der Waals surface area contributed by atoms with Crippen LogP contribution in [0.25, 0.3) is 67.6 Å². The highest BCUT2D eigenvalue weighted by atomic mass is 79.9. The van der Waals surface area contributed by atoms with Crippen molar-refractivity contribution in [3.05, 3.63) is 357 Å². The minimum atomic E-state index is -3.83. The minimum Gasteiger partial charge on any atom is -0.395 e. The first-order valence-electron chi connectivity index (χ1n) is 45.8. The van der Waals surface area contributed by atoms with Crippen molar-refractivity contribution in [2.24, 2.45) is 0 Å². The van der Waals surface area contributed by atoms with Gasteiger partial charge in [0.25, 0.3) is 0 Å². The number of aromatic nitrogens is 12. The summed E-state index contributed by atoms with van der Waals surface area (Å²) >= 11 is 14.1. The van der Waals surface area contributed by atoms with Crippen LogP contribution in [0.1, 0.15) is 63.0 Å². The fraction of sp³-hybridized carbons (Fsp3) is 0.184. The van der Waals surface area contributed by atoms with Crippen molar-refractivity contribution >= 4 is 172 Å². The van der Waals surface area contributed by atoms with Crippen molar-refractivity contribution in [1.82, 2.24) is 82.2 Å². The number of aliphatic hydroxyl groups excluding tert-OH is 2. The van der Waals surface area contributed by atoms with Gasteiger partial charge >= 0.3 is 0 Å². The average molecular weight is 2240 g/mol. The van der Waals surface area contributed by atoms with E-state index in [0.29, 0.717) is 70.8 Å². The summed E-state index contributed by atoms with van der Waals surface area (Å²) in [7, 11) is -14.8. The molecule has 39 heteroatoms. The molecule has 8 aromatic heterocycles. The summed E-state index contributed by atoms with van der Waals surface area (Å²) in [5.41, 5.74) is 14.5. The van der Waals surface area contributed by atoms with Crippen molar-refractivity contribution in [3.8, 4) is 45.0 Å². The molecule has 142 heavy (non-hydrogen) atoms. The van der Waals surface area contributed by atoms with Crippen LogP contribution in [0.2, 0.25) is 0 Å². The van der Waals surface area contributed by atoms with E-state index in [9.17, 15) is 43.9 Å². The predicted molar refractivity (Wildman–Crippen MR) is 569 cm³/mol. The van der Waals surface area contributed by atoms with Crippen LogP contribution in [0.4, 0.5) is 46.0 Å². The summed E-state index contributed by atoms with van der Waals surface area (Å²) in [6.07, 6.45) is 14.8. The monoisotopic (exact) mass is 2230 g/mol. The van der Waals surface area contributed by atoms with E-state index in [-0.39, 0.29) is 44.9 Å². The molecule has 3 atom stereocenters. The Morgan fingerprint density at radius 2 is 0.627 bits per heavy atom. The maximum Gasteiger partial charge on any atom is 0.240 e. The van der Waals surface area contributed by atoms with Crippen LogP contribution in [-0.4, -0.2) is 164 Å². The predicted octanol–water partition coefficient (Wildman–Crippen LogP) is 19.7. The number of sulfonamides is 4. The number of nitrogens with zero attached hydrogens (tertiary/aromatic N) is 13. The molecule has 20 rings (SSSR count). The summed E-state index contributed by atoms with van der Waals surface area (Å²) < 4.78 is 124. The number of likely N-dealkylation sites (tertiary alicyclic amines) is 1. The van der Waals surface area contributed by atoms with Crippen LogP contribution in [0, 0.1) is 0 Å². The Hall–Kier alpha value is -12.7. The second-order valence-electron chi connectivity index (χ2n) is 33.7. The molecule has 10 N–H and O–H groups in total. The van der Waals surface area contributed by atoms with Gasteiger partial charge < -0.3 is 31.5 Å². The largest absolute Gasteiger partial charge is 0.395 e. The van der Waals surface area contributed by atoms with Gasteiger partial charge in [0.2, 0.25) is 40.1 Å². The number of likely N-dealkylation sites (N-methyl/N-ethyl adjacent to an activating group) is 1. The van der Waals surface area contributed by atoms with Gasteiger partial charge in [-0.15, -0.1) is 0 Å². The third-order valence-corrected chi connectivity index (χ3v) is 32.1. The summed E-state index contributed by atoms with van der Waals surface area (Å²) in [6.45, 7) is 3.89. The molecule has 0 spiro atoms. The molecule has 1 saturated carbocycles. The van der Waals surface area contributed by atoms with Gasteiger partial charge in [0.05, 0.1) is 98.2 Å². The second-order valence-corrected chi connectivity index (χ2v) is 44.0. The van der Waals surface area contributed by atoms with Crippen molar-refractivity contribution in [1.29, 1.82) is 0 Å². The van der Waals surface area contributed by atoms with Crippen LogP contribution in [0.3, 0.4) is 0 Å². The maximum atomic E-state index is 13.0. The number of aliphatic hydroxyl groups is 2. The number of rotatable bonds is 32. The van der Waals surface area contributed by atoms with Crippen LogP contribution >= 0.6 is 63.7 Å². The lowest BCUT2D eigenvalue weighted by Gasteiger charge is -2.22. The lowest BCUT2D eigenvalue weighted by molar-refractivity contribution is 0.256. The molecule has 0 amide bonds. The number of fused-ring (bicyclic) bond motifs is 4. The number of hydrogen-bond donors (Lipinski definition) is 10. The number of halogens is 4. The zero-order chi connectivity index (χ0) is 98.9. The molecular formula is C103H99Br4N21O10S4. The van der Waals surface area contributed by atoms with Crippen molar-refractivity contribution in [3.63, 3.8) is 0 Å². The van der Waals surface area contributed by atoms with Crippen molar-refractivity contribution < 1.29 is 43.9 Å². The van der Waals surface area contributed by atoms with Gasteiger partial charge in [0, 0.05) is 100.0 Å². The molecule has 31 nitrogen and oxygen atoms in total. The van der Waals surface area contributed by atoms with E-state index in [1.54, 1.807) is 116 Å². The van der Waals surface area contributed by atoms with Gasteiger partial charge in [0.15, 0.2) is 22.6 Å². The molecule has 0 bridgehead atoms. The molecule has 728 valence electrons. The van der Waals surface area contributed by atoms with Crippen molar-refractivity contribution in [2.75, 3.05) is 54.1 Å². The van der Waals surface area contributed by atoms with Gasteiger partial charge in [-0.3, -0.25) is 4.90 Å². The molecule has 0 radical (unpaired) electrons. The van der Waals surface area contributed by atoms with E-state index >= 15 is 0 Å². The first-order valence-corrected chi connectivity index (χ1v) is 54.9. The molecule has 18 aromatic rings. The Kier molecular flexibility index (Phi) is 32.8. The number of anilines is 8. The van der Waals surface area contributed by atoms with E-state index in [0.717, 1.165) is 143 Å². The van der Waals surface area contributed by atoms with E-state index in [1.165, 1.54) is 30.7 Å². The summed E-state index contributed by atoms with van der Waals surface area (Å²) in [6, 6.07) is 91.4. The SMILES string of the molecule is CCN1CCCC1CNS(=O)(=O)c1ccc(Nc2cc(-c3ccccc3)nc3c(Br)cnn23)cc1.O=S(=O)(NC1CCCCC1)c1ccc(Nc2cc(-c3ccccc3)nc3c(Br)cnn23)cc1.O=S(=O)(N[C@@H](CO)Cc1ccccc1)c1ccc(Nc2cc(-c3ccccc3)nc3c(Br)cnn23)cc1.O=S(=O)(N[C@H](CO)Cc1ccccc1)c1ccc(Nc2cc(-c3ccccc3)nc3c(Br)cnn23)cc1. The third-order valence-electron chi connectivity index (χ3n) is 23.8. The van der Waals surface area contributed by atoms with E-state index in [1.807, 2.05) is 206 Å². The normalized spacial score (nSPS) is 14.1. The Morgan fingerprint density at radius 1 is 0.345 bits per heavy atom. The molecule has 1 saturated heterocycles. The van der Waals surface area contributed by atoms with Crippen molar-refractivity contribution in [2.45, 2.75) is 108 Å². The summed E-state index contributed by atoms with van der Waals surface area (Å²) in [5.74, 6) is 2.78. The Labute approximate surface area is 855 Å². The fourth-order valence-electron chi connectivity index (χ4n) is 16.6. The Balaban J connectivity index is 0.000000130. The van der Waals surface area contributed by atoms with Crippen LogP contribution < -0.4 is 40.2 Å². The second kappa shape index (κ2) is 46.1.